The summed E-state index contributed by atoms with van der Waals surface area (Å²) in [4.78, 5) is 17.4. The van der Waals surface area contributed by atoms with E-state index in [2.05, 4.69) is 17.5 Å². The van der Waals surface area contributed by atoms with Crippen molar-refractivity contribution in [3.63, 3.8) is 0 Å². The first-order valence-electron chi connectivity index (χ1n) is 12.8. The summed E-state index contributed by atoms with van der Waals surface area (Å²) in [5.41, 5.74) is 2.55. The van der Waals surface area contributed by atoms with E-state index in [0.29, 0.717) is 53.4 Å². The molecule has 3 fully saturated rings. The Morgan fingerprint density at radius 3 is 2.62 bits per heavy atom. The van der Waals surface area contributed by atoms with Gasteiger partial charge in [0.15, 0.2) is 0 Å². The second-order valence-electron chi connectivity index (χ2n) is 10.6. The van der Waals surface area contributed by atoms with Gasteiger partial charge in [-0.15, -0.1) is 0 Å². The van der Waals surface area contributed by atoms with Crippen molar-refractivity contribution in [1.29, 1.82) is 5.26 Å². The normalized spacial score (nSPS) is 26.6. The number of hydrogen-bond donors (Lipinski definition) is 1. The van der Waals surface area contributed by atoms with Crippen molar-refractivity contribution in [3.8, 4) is 6.07 Å². The summed E-state index contributed by atoms with van der Waals surface area (Å²) in [5.74, 6) is -2.14. The molecule has 0 bridgehead atoms. The number of likely N-dealkylation sites (tertiary alicyclic amines) is 1. The highest BCUT2D eigenvalue weighted by atomic mass is 35.5. The molecule has 0 radical (unpaired) electrons. The van der Waals surface area contributed by atoms with Crippen LogP contribution in [0, 0.1) is 17.2 Å². The summed E-state index contributed by atoms with van der Waals surface area (Å²) in [7, 11) is 0. The first-order valence-corrected chi connectivity index (χ1v) is 13.6. The third-order valence-electron chi connectivity index (χ3n) is 8.40. The lowest BCUT2D eigenvalue weighted by Crippen LogP contribution is -2.49. The molecule has 0 spiro atoms. The molecule has 9 heteroatoms. The number of amides is 2. The summed E-state index contributed by atoms with van der Waals surface area (Å²) in [6, 6.07) is 14.9. The zero-order chi connectivity index (χ0) is 26.2. The molecule has 1 unspecified atom stereocenters. The number of carbonyl (C=O) groups is 1. The van der Waals surface area contributed by atoms with Gasteiger partial charge < -0.3 is 15.1 Å². The minimum Gasteiger partial charge on any atom is -0.320 e. The number of benzene rings is 2. The van der Waals surface area contributed by atoms with Crippen molar-refractivity contribution in [2.45, 2.75) is 55.9 Å². The highest BCUT2D eigenvalue weighted by Crippen LogP contribution is 2.62. The number of nitrogens with one attached hydrogen (secondary N) is 1. The molecular formula is C28H30Cl2F2N4O. The third-order valence-corrected chi connectivity index (χ3v) is 9.14. The SMILES string of the molecule is N#Cc1cccc([C@]23CC[C@@H](N(CCN4CCC(F)(F)CC4)C(=O)Nc4ccc(Cl)c(Cl)c4)CC2C3)c1. The molecule has 37 heavy (non-hydrogen) atoms. The van der Waals surface area contributed by atoms with Crippen LogP contribution in [0.3, 0.4) is 0 Å². The van der Waals surface area contributed by atoms with E-state index in [-0.39, 0.29) is 30.3 Å². The second-order valence-corrected chi connectivity index (χ2v) is 11.4. The molecule has 2 aromatic carbocycles. The fraction of sp³-hybridized carbons (Fsp3) is 0.500. The Labute approximate surface area is 226 Å². The number of halogens is 4. The largest absolute Gasteiger partial charge is 0.322 e. The van der Waals surface area contributed by atoms with Crippen molar-refractivity contribution in [2.24, 2.45) is 5.92 Å². The highest BCUT2D eigenvalue weighted by Gasteiger charge is 2.58. The van der Waals surface area contributed by atoms with Crippen LogP contribution in [-0.2, 0) is 5.41 Å². The number of piperidine rings is 1. The van der Waals surface area contributed by atoms with Gasteiger partial charge in [0.25, 0.3) is 5.92 Å². The van der Waals surface area contributed by atoms with E-state index in [1.807, 2.05) is 28.0 Å². The molecule has 2 aliphatic carbocycles. The maximum absolute atomic E-state index is 13.6. The van der Waals surface area contributed by atoms with E-state index >= 15 is 0 Å². The lowest BCUT2D eigenvalue weighted by atomic mass is 9.80. The average Bonchev–Trinajstić information content (AvgIpc) is 3.63. The van der Waals surface area contributed by atoms with Gasteiger partial charge in [0.05, 0.1) is 21.7 Å². The molecule has 5 nitrogen and oxygen atoms in total. The number of urea groups is 1. The molecule has 1 aliphatic heterocycles. The summed E-state index contributed by atoms with van der Waals surface area (Å²) >= 11 is 12.2. The predicted molar refractivity (Wildman–Crippen MR) is 141 cm³/mol. The van der Waals surface area contributed by atoms with Crippen LogP contribution in [0.25, 0.3) is 0 Å². The average molecular weight is 547 g/mol. The number of nitrogens with zero attached hydrogens (tertiary/aromatic N) is 3. The summed E-state index contributed by atoms with van der Waals surface area (Å²) in [6.07, 6.45) is 3.45. The van der Waals surface area contributed by atoms with Gasteiger partial charge in [0.1, 0.15) is 0 Å². The fourth-order valence-corrected chi connectivity index (χ4v) is 6.42. The van der Waals surface area contributed by atoms with Gasteiger partial charge in [-0.2, -0.15) is 5.26 Å². The molecule has 0 aromatic heterocycles. The standard InChI is InChI=1S/C28H30Cl2F2N4O/c29-24-5-4-22(16-25(24)30)34-26(37)36(13-12-35-10-8-28(31,32)9-11-35)23-6-7-27(17-21(27)15-23)20-3-1-2-19(14-20)18-33/h1-5,14,16,21,23H,6-13,15,17H2,(H,34,37)/t21?,23-,27-/m1/s1. The Morgan fingerprint density at radius 2 is 1.92 bits per heavy atom. The van der Waals surface area contributed by atoms with Crippen LogP contribution in [-0.4, -0.2) is 54.0 Å². The van der Waals surface area contributed by atoms with Crippen molar-refractivity contribution in [1.82, 2.24) is 9.80 Å². The topological polar surface area (TPSA) is 59.4 Å². The number of anilines is 1. The van der Waals surface area contributed by atoms with Crippen molar-refractivity contribution in [3.05, 3.63) is 63.6 Å². The molecule has 2 amide bonds. The van der Waals surface area contributed by atoms with Gasteiger partial charge in [-0.05, 0) is 72.9 Å². The van der Waals surface area contributed by atoms with Gasteiger partial charge in [0, 0.05) is 50.7 Å². The van der Waals surface area contributed by atoms with Crippen LogP contribution in [0.4, 0.5) is 19.3 Å². The quantitative estimate of drug-likeness (QED) is 0.426. The monoisotopic (exact) mass is 546 g/mol. The smallest absolute Gasteiger partial charge is 0.320 e. The number of hydrogen-bond acceptors (Lipinski definition) is 3. The second kappa shape index (κ2) is 10.4. The molecule has 1 N–H and O–H groups in total. The summed E-state index contributed by atoms with van der Waals surface area (Å²) < 4.78 is 27.3. The molecule has 1 saturated heterocycles. The van der Waals surface area contributed by atoms with Crippen LogP contribution in [0.1, 0.15) is 49.7 Å². The molecule has 1 heterocycles. The minimum atomic E-state index is -2.59. The first kappa shape index (κ1) is 26.2. The van der Waals surface area contributed by atoms with Gasteiger partial charge in [-0.25, -0.2) is 13.6 Å². The Balaban J connectivity index is 1.29. The maximum Gasteiger partial charge on any atom is 0.322 e. The van der Waals surface area contributed by atoms with Crippen molar-refractivity contribution in [2.75, 3.05) is 31.5 Å². The van der Waals surface area contributed by atoms with E-state index in [1.54, 1.807) is 18.2 Å². The number of alkyl halides is 2. The lowest BCUT2D eigenvalue weighted by molar-refractivity contribution is -0.0560. The summed E-state index contributed by atoms with van der Waals surface area (Å²) in [5, 5.41) is 13.1. The highest BCUT2D eigenvalue weighted by molar-refractivity contribution is 6.42. The fourth-order valence-electron chi connectivity index (χ4n) is 6.12. The van der Waals surface area contributed by atoms with Crippen molar-refractivity contribution >= 4 is 34.9 Å². The van der Waals surface area contributed by atoms with E-state index in [0.717, 1.165) is 25.7 Å². The van der Waals surface area contributed by atoms with E-state index in [4.69, 9.17) is 23.2 Å². The first-order chi connectivity index (χ1) is 17.7. The zero-order valence-electron chi connectivity index (χ0n) is 20.5. The number of fused-ring (bicyclic) bond motifs is 1. The Morgan fingerprint density at radius 1 is 1.14 bits per heavy atom. The van der Waals surface area contributed by atoms with Crippen LogP contribution < -0.4 is 5.32 Å². The van der Waals surface area contributed by atoms with Crippen LogP contribution >= 0.6 is 23.2 Å². The summed E-state index contributed by atoms with van der Waals surface area (Å²) in [6.45, 7) is 1.69. The zero-order valence-corrected chi connectivity index (χ0v) is 22.0. The van der Waals surface area contributed by atoms with Gasteiger partial charge in [-0.3, -0.25) is 0 Å². The maximum atomic E-state index is 13.6. The van der Waals surface area contributed by atoms with Gasteiger partial charge >= 0.3 is 6.03 Å². The minimum absolute atomic E-state index is 0.0498. The van der Waals surface area contributed by atoms with Crippen LogP contribution in [0.15, 0.2) is 42.5 Å². The molecule has 5 rings (SSSR count). The number of carbonyl (C=O) groups excluding carboxylic acids is 1. The molecule has 3 atom stereocenters. The molecule has 196 valence electrons. The number of rotatable bonds is 6. The lowest BCUT2D eigenvalue weighted by Gasteiger charge is -2.39. The Hall–Kier alpha value is -2.40. The van der Waals surface area contributed by atoms with Crippen LogP contribution in [0.2, 0.25) is 10.0 Å². The molecule has 2 saturated carbocycles. The predicted octanol–water partition coefficient (Wildman–Crippen LogP) is 6.94. The van der Waals surface area contributed by atoms with Crippen LogP contribution in [0.5, 0.6) is 0 Å². The van der Waals surface area contributed by atoms with E-state index < -0.39 is 5.92 Å². The Bertz CT molecular complexity index is 1210. The Kier molecular flexibility index (Phi) is 7.37. The van der Waals surface area contributed by atoms with Crippen molar-refractivity contribution < 1.29 is 13.6 Å². The molecule has 2 aromatic rings. The number of nitriles is 1. The van der Waals surface area contributed by atoms with Gasteiger partial charge in [-0.1, -0.05) is 35.3 Å². The molecule has 3 aliphatic rings. The third kappa shape index (κ3) is 5.72. The molecular weight excluding hydrogens is 517 g/mol. The van der Waals surface area contributed by atoms with Gasteiger partial charge in [0.2, 0.25) is 0 Å². The van der Waals surface area contributed by atoms with E-state index in [9.17, 15) is 18.8 Å². The van der Waals surface area contributed by atoms with E-state index in [1.165, 1.54) is 5.56 Å².